The van der Waals surface area contributed by atoms with Gasteiger partial charge in [-0.1, -0.05) is 29.8 Å². The minimum atomic E-state index is 0.0780. The van der Waals surface area contributed by atoms with Crippen molar-refractivity contribution < 1.29 is 0 Å². The number of aryl methyl sites for hydroxylation is 1. The van der Waals surface area contributed by atoms with Gasteiger partial charge in [0.15, 0.2) is 0 Å². The first-order chi connectivity index (χ1) is 8.65. The number of rotatable bonds is 5. The fourth-order valence-electron chi connectivity index (χ4n) is 2.01. The minimum Gasteiger partial charge on any atom is -0.323 e. The Morgan fingerprint density at radius 1 is 1.22 bits per heavy atom. The zero-order valence-corrected chi connectivity index (χ0v) is 11.8. The number of nitrogens with two attached hydrogens (primary N) is 1. The average Bonchev–Trinajstić information content (AvgIpc) is 2.82. The molecule has 0 saturated carbocycles. The summed E-state index contributed by atoms with van der Waals surface area (Å²) in [4.78, 5) is 2.27. The molecule has 1 aromatic carbocycles. The molecule has 0 amide bonds. The summed E-state index contributed by atoms with van der Waals surface area (Å²) in [5, 5.41) is 4.30. The minimum absolute atomic E-state index is 0.0780. The van der Waals surface area contributed by atoms with Crippen molar-refractivity contribution in [2.75, 3.05) is 13.6 Å². The molecule has 0 saturated heterocycles. The topological polar surface area (TPSA) is 29.3 Å². The normalized spacial score (nSPS) is 12.9. The third-order valence-corrected chi connectivity index (χ3v) is 3.78. The average molecular weight is 260 g/mol. The van der Waals surface area contributed by atoms with Gasteiger partial charge >= 0.3 is 0 Å². The van der Waals surface area contributed by atoms with Crippen LogP contribution in [0.15, 0.2) is 41.1 Å². The third-order valence-electron chi connectivity index (χ3n) is 3.05. The van der Waals surface area contributed by atoms with E-state index in [0.717, 1.165) is 13.1 Å². The van der Waals surface area contributed by atoms with Crippen LogP contribution >= 0.6 is 11.3 Å². The van der Waals surface area contributed by atoms with Gasteiger partial charge in [-0.25, -0.2) is 0 Å². The smallest absolute Gasteiger partial charge is 0.0424 e. The highest BCUT2D eigenvalue weighted by molar-refractivity contribution is 7.07. The van der Waals surface area contributed by atoms with E-state index in [1.807, 2.05) is 0 Å². The van der Waals surface area contributed by atoms with Gasteiger partial charge in [-0.15, -0.1) is 0 Å². The molecule has 2 rings (SSSR count). The lowest BCUT2D eigenvalue weighted by Crippen LogP contribution is -2.28. The van der Waals surface area contributed by atoms with E-state index in [1.165, 1.54) is 16.7 Å². The summed E-state index contributed by atoms with van der Waals surface area (Å²) < 4.78 is 0. The fraction of sp³-hybridized carbons (Fsp3) is 0.333. The Morgan fingerprint density at radius 2 is 1.94 bits per heavy atom. The van der Waals surface area contributed by atoms with Gasteiger partial charge < -0.3 is 10.6 Å². The van der Waals surface area contributed by atoms with E-state index in [-0.39, 0.29) is 6.04 Å². The number of hydrogen-bond acceptors (Lipinski definition) is 3. The highest BCUT2D eigenvalue weighted by Crippen LogP contribution is 2.14. The van der Waals surface area contributed by atoms with Crippen LogP contribution in [-0.4, -0.2) is 18.5 Å². The fourth-order valence-corrected chi connectivity index (χ4v) is 2.67. The van der Waals surface area contributed by atoms with Crippen molar-refractivity contribution in [1.82, 2.24) is 4.90 Å². The van der Waals surface area contributed by atoms with Crippen LogP contribution in [0.1, 0.15) is 22.7 Å². The lowest BCUT2D eigenvalue weighted by Gasteiger charge is -2.21. The van der Waals surface area contributed by atoms with Crippen LogP contribution in [0.4, 0.5) is 0 Å². The molecule has 1 atom stereocenters. The van der Waals surface area contributed by atoms with Crippen LogP contribution in [0.25, 0.3) is 0 Å². The number of thiophene rings is 1. The van der Waals surface area contributed by atoms with Gasteiger partial charge in [0.05, 0.1) is 0 Å². The van der Waals surface area contributed by atoms with Gasteiger partial charge in [-0.05, 0) is 41.9 Å². The molecule has 0 radical (unpaired) electrons. The summed E-state index contributed by atoms with van der Waals surface area (Å²) in [5.74, 6) is 0. The predicted octanol–water partition coefficient (Wildman–Crippen LogP) is 3.19. The second-order valence-corrected chi connectivity index (χ2v) is 5.63. The monoisotopic (exact) mass is 260 g/mol. The molecule has 3 heteroatoms. The summed E-state index contributed by atoms with van der Waals surface area (Å²) in [6, 6.07) is 10.7. The van der Waals surface area contributed by atoms with E-state index >= 15 is 0 Å². The number of benzene rings is 1. The Balaban J connectivity index is 1.90. The van der Waals surface area contributed by atoms with Crippen LogP contribution in [0, 0.1) is 6.92 Å². The van der Waals surface area contributed by atoms with Gasteiger partial charge in [-0.2, -0.15) is 11.3 Å². The van der Waals surface area contributed by atoms with Gasteiger partial charge in [0.25, 0.3) is 0 Å². The lowest BCUT2D eigenvalue weighted by molar-refractivity contribution is 0.305. The van der Waals surface area contributed by atoms with Crippen LogP contribution < -0.4 is 5.73 Å². The second kappa shape index (κ2) is 6.14. The van der Waals surface area contributed by atoms with Crippen molar-refractivity contribution in [3.63, 3.8) is 0 Å². The maximum Gasteiger partial charge on any atom is 0.0424 e. The van der Waals surface area contributed by atoms with E-state index in [1.54, 1.807) is 11.3 Å². The number of nitrogens with zero attached hydrogens (tertiary/aromatic N) is 1. The van der Waals surface area contributed by atoms with Crippen LogP contribution in [0.2, 0.25) is 0 Å². The molecule has 96 valence electrons. The van der Waals surface area contributed by atoms with Crippen LogP contribution in [-0.2, 0) is 6.54 Å². The largest absolute Gasteiger partial charge is 0.323 e. The highest BCUT2D eigenvalue weighted by Gasteiger charge is 2.09. The van der Waals surface area contributed by atoms with E-state index in [0.29, 0.717) is 0 Å². The van der Waals surface area contributed by atoms with E-state index < -0.39 is 0 Å². The molecule has 0 spiro atoms. The first-order valence-corrected chi connectivity index (χ1v) is 7.11. The molecule has 1 heterocycles. The quantitative estimate of drug-likeness (QED) is 0.894. The summed E-state index contributed by atoms with van der Waals surface area (Å²) >= 11 is 1.74. The molecule has 1 aromatic heterocycles. The first kappa shape index (κ1) is 13.3. The molecule has 2 N–H and O–H groups in total. The molecular weight excluding hydrogens is 240 g/mol. The molecule has 2 aromatic rings. The molecule has 0 aliphatic heterocycles. The summed E-state index contributed by atoms with van der Waals surface area (Å²) in [6.07, 6.45) is 0. The van der Waals surface area contributed by atoms with Gasteiger partial charge in [0.1, 0.15) is 0 Å². The molecule has 0 bridgehead atoms. The standard InChI is InChI=1S/C15H20N2S/c1-12-3-5-14(6-4-12)15(16)10-17(2)9-13-7-8-18-11-13/h3-8,11,15H,9-10,16H2,1-2H3. The van der Waals surface area contributed by atoms with Crippen molar-refractivity contribution >= 4 is 11.3 Å². The second-order valence-electron chi connectivity index (χ2n) is 4.85. The Kier molecular flexibility index (Phi) is 4.53. The van der Waals surface area contributed by atoms with Gasteiger partial charge in [-0.3, -0.25) is 0 Å². The van der Waals surface area contributed by atoms with E-state index in [4.69, 9.17) is 5.73 Å². The van der Waals surface area contributed by atoms with E-state index in [2.05, 4.69) is 60.0 Å². The molecule has 18 heavy (non-hydrogen) atoms. The van der Waals surface area contributed by atoms with Gasteiger partial charge in [0.2, 0.25) is 0 Å². The molecule has 0 fully saturated rings. The third kappa shape index (κ3) is 3.67. The van der Waals surface area contributed by atoms with E-state index in [9.17, 15) is 0 Å². The van der Waals surface area contributed by atoms with Crippen LogP contribution in [0.5, 0.6) is 0 Å². The summed E-state index contributed by atoms with van der Waals surface area (Å²) in [7, 11) is 2.12. The summed E-state index contributed by atoms with van der Waals surface area (Å²) in [5.41, 5.74) is 10.1. The van der Waals surface area contributed by atoms with Crippen molar-refractivity contribution in [2.45, 2.75) is 19.5 Å². The maximum atomic E-state index is 6.24. The Labute approximate surface area is 113 Å². The Hall–Kier alpha value is -1.16. The molecule has 1 unspecified atom stereocenters. The molecule has 0 aliphatic rings. The number of likely N-dealkylation sites (N-methyl/N-ethyl adjacent to an activating group) is 1. The molecule has 2 nitrogen and oxygen atoms in total. The lowest BCUT2D eigenvalue weighted by atomic mass is 10.1. The predicted molar refractivity (Wildman–Crippen MR) is 78.8 cm³/mol. The zero-order valence-electron chi connectivity index (χ0n) is 11.0. The van der Waals surface area contributed by atoms with Gasteiger partial charge in [0, 0.05) is 19.1 Å². The van der Waals surface area contributed by atoms with Crippen molar-refractivity contribution in [2.24, 2.45) is 5.73 Å². The van der Waals surface area contributed by atoms with Crippen molar-refractivity contribution in [1.29, 1.82) is 0 Å². The van der Waals surface area contributed by atoms with Crippen molar-refractivity contribution in [3.8, 4) is 0 Å². The first-order valence-electron chi connectivity index (χ1n) is 6.17. The number of hydrogen-bond donors (Lipinski definition) is 1. The Bertz CT molecular complexity index is 462. The van der Waals surface area contributed by atoms with Crippen LogP contribution in [0.3, 0.4) is 0 Å². The zero-order chi connectivity index (χ0) is 13.0. The highest BCUT2D eigenvalue weighted by atomic mass is 32.1. The molecule has 0 aliphatic carbocycles. The summed E-state index contributed by atoms with van der Waals surface area (Å²) in [6.45, 7) is 3.93. The van der Waals surface area contributed by atoms with Crippen molar-refractivity contribution in [3.05, 3.63) is 57.8 Å². The Morgan fingerprint density at radius 3 is 2.56 bits per heavy atom. The SMILES string of the molecule is Cc1ccc(C(N)CN(C)Cc2ccsc2)cc1. The maximum absolute atomic E-state index is 6.24. The molecular formula is C15H20N2S.